The Morgan fingerprint density at radius 1 is 1.44 bits per heavy atom. The second kappa shape index (κ2) is 6.37. The molecule has 0 saturated heterocycles. The van der Waals surface area contributed by atoms with Gasteiger partial charge in [-0.1, -0.05) is 18.5 Å². The van der Waals surface area contributed by atoms with Crippen LogP contribution in [-0.4, -0.2) is 25.4 Å². The zero-order valence-electron chi connectivity index (χ0n) is 10.3. The Balaban J connectivity index is 2.86. The lowest BCUT2D eigenvalue weighted by Crippen LogP contribution is -2.28. The second-order valence-electron chi connectivity index (χ2n) is 4.01. The van der Waals surface area contributed by atoms with Gasteiger partial charge >= 0.3 is 0 Å². The molecule has 1 rings (SSSR count). The first-order valence-electron chi connectivity index (χ1n) is 5.50. The number of carbonyl (C=O) groups excluding carboxylic acids is 2. The van der Waals surface area contributed by atoms with Gasteiger partial charge in [-0.25, -0.2) is 0 Å². The predicted molar refractivity (Wildman–Crippen MR) is 71.7 cm³/mol. The van der Waals surface area contributed by atoms with E-state index in [2.05, 4.69) is 10.6 Å². The summed E-state index contributed by atoms with van der Waals surface area (Å²) in [7, 11) is 1.77. The standard InChI is InChI=1S/C12H16ClN3O2/c1-7(6-15-2)12(18)16-10-5-8(11(14)17)3-4-9(10)13/h3-5,7,15H,6H2,1-2H3,(H2,14,17)(H,16,18). The highest BCUT2D eigenvalue weighted by Crippen LogP contribution is 2.23. The molecule has 0 fully saturated rings. The van der Waals surface area contributed by atoms with E-state index < -0.39 is 5.91 Å². The summed E-state index contributed by atoms with van der Waals surface area (Å²) in [6, 6.07) is 4.51. The minimum Gasteiger partial charge on any atom is -0.366 e. The van der Waals surface area contributed by atoms with Crippen LogP contribution in [-0.2, 0) is 4.79 Å². The molecule has 0 heterocycles. The van der Waals surface area contributed by atoms with E-state index >= 15 is 0 Å². The van der Waals surface area contributed by atoms with Crippen molar-refractivity contribution >= 4 is 29.1 Å². The Hall–Kier alpha value is -1.59. The van der Waals surface area contributed by atoms with Crippen LogP contribution in [0.1, 0.15) is 17.3 Å². The number of carbonyl (C=O) groups is 2. The lowest BCUT2D eigenvalue weighted by atomic mass is 10.1. The van der Waals surface area contributed by atoms with Crippen molar-refractivity contribution < 1.29 is 9.59 Å². The molecule has 1 aromatic rings. The minimum absolute atomic E-state index is 0.173. The quantitative estimate of drug-likeness (QED) is 0.752. The molecule has 98 valence electrons. The van der Waals surface area contributed by atoms with E-state index in [1.807, 2.05) is 0 Å². The number of anilines is 1. The van der Waals surface area contributed by atoms with E-state index in [9.17, 15) is 9.59 Å². The van der Waals surface area contributed by atoms with Gasteiger partial charge in [-0.2, -0.15) is 0 Å². The van der Waals surface area contributed by atoms with Crippen molar-refractivity contribution in [2.45, 2.75) is 6.92 Å². The average molecular weight is 270 g/mol. The van der Waals surface area contributed by atoms with Gasteiger partial charge in [-0.05, 0) is 25.2 Å². The summed E-state index contributed by atoms with van der Waals surface area (Å²) in [5.74, 6) is -0.943. The Labute approximate surface area is 111 Å². The zero-order chi connectivity index (χ0) is 13.7. The maximum absolute atomic E-state index is 11.8. The molecule has 0 aromatic heterocycles. The van der Waals surface area contributed by atoms with Gasteiger partial charge in [0.2, 0.25) is 11.8 Å². The van der Waals surface area contributed by atoms with Crippen LogP contribution in [0.2, 0.25) is 5.02 Å². The molecule has 0 saturated carbocycles. The van der Waals surface area contributed by atoms with Crippen molar-refractivity contribution in [2.24, 2.45) is 11.7 Å². The molecular weight excluding hydrogens is 254 g/mol. The van der Waals surface area contributed by atoms with Crippen molar-refractivity contribution in [1.82, 2.24) is 5.32 Å². The molecule has 0 radical (unpaired) electrons. The predicted octanol–water partition coefficient (Wildman–Crippen LogP) is 1.23. The van der Waals surface area contributed by atoms with Crippen LogP contribution in [0.15, 0.2) is 18.2 Å². The molecule has 0 spiro atoms. The van der Waals surface area contributed by atoms with Gasteiger partial charge in [0.15, 0.2) is 0 Å². The third-order valence-corrected chi connectivity index (χ3v) is 2.80. The SMILES string of the molecule is CNCC(C)C(=O)Nc1cc(C(N)=O)ccc1Cl. The van der Waals surface area contributed by atoms with Crippen molar-refractivity contribution in [3.8, 4) is 0 Å². The number of hydrogen-bond donors (Lipinski definition) is 3. The summed E-state index contributed by atoms with van der Waals surface area (Å²) in [5.41, 5.74) is 5.86. The number of primary amides is 1. The molecule has 1 aromatic carbocycles. The molecule has 0 aliphatic heterocycles. The van der Waals surface area contributed by atoms with Crippen LogP contribution < -0.4 is 16.4 Å². The Bertz CT molecular complexity index is 463. The van der Waals surface area contributed by atoms with Crippen LogP contribution >= 0.6 is 11.6 Å². The van der Waals surface area contributed by atoms with Gasteiger partial charge in [0.25, 0.3) is 0 Å². The first-order valence-corrected chi connectivity index (χ1v) is 5.88. The highest BCUT2D eigenvalue weighted by atomic mass is 35.5. The van der Waals surface area contributed by atoms with Gasteiger partial charge in [-0.3, -0.25) is 9.59 Å². The Morgan fingerprint density at radius 2 is 2.11 bits per heavy atom. The average Bonchev–Trinajstić information content (AvgIpc) is 2.31. The summed E-state index contributed by atoms with van der Waals surface area (Å²) in [5, 5.41) is 5.95. The highest BCUT2D eigenvalue weighted by Gasteiger charge is 2.14. The van der Waals surface area contributed by atoms with E-state index in [4.69, 9.17) is 17.3 Å². The van der Waals surface area contributed by atoms with Crippen LogP contribution in [0.3, 0.4) is 0 Å². The maximum atomic E-state index is 11.8. The van der Waals surface area contributed by atoms with E-state index in [0.717, 1.165) is 0 Å². The van der Waals surface area contributed by atoms with Crippen LogP contribution in [0.5, 0.6) is 0 Å². The zero-order valence-corrected chi connectivity index (χ0v) is 11.0. The van der Waals surface area contributed by atoms with Gasteiger partial charge in [0, 0.05) is 18.0 Å². The molecule has 0 aliphatic carbocycles. The summed E-state index contributed by atoms with van der Waals surface area (Å²) < 4.78 is 0. The Kier molecular flexibility index (Phi) is 5.12. The van der Waals surface area contributed by atoms with Gasteiger partial charge < -0.3 is 16.4 Å². The summed E-state index contributed by atoms with van der Waals surface area (Å²) in [6.07, 6.45) is 0. The molecule has 1 unspecified atom stereocenters. The van der Waals surface area contributed by atoms with Crippen molar-refractivity contribution in [3.05, 3.63) is 28.8 Å². The fourth-order valence-corrected chi connectivity index (χ4v) is 1.59. The third kappa shape index (κ3) is 3.72. The highest BCUT2D eigenvalue weighted by molar-refractivity contribution is 6.33. The molecule has 18 heavy (non-hydrogen) atoms. The summed E-state index contributed by atoms with van der Waals surface area (Å²) in [4.78, 5) is 22.9. The molecule has 5 nitrogen and oxygen atoms in total. The molecule has 4 N–H and O–H groups in total. The van der Waals surface area contributed by atoms with Crippen LogP contribution in [0.25, 0.3) is 0 Å². The number of nitrogens with two attached hydrogens (primary N) is 1. The van der Waals surface area contributed by atoms with Crippen LogP contribution in [0.4, 0.5) is 5.69 Å². The van der Waals surface area contributed by atoms with E-state index in [1.165, 1.54) is 18.2 Å². The molecule has 0 aliphatic rings. The van der Waals surface area contributed by atoms with E-state index in [-0.39, 0.29) is 11.8 Å². The minimum atomic E-state index is -0.564. The number of rotatable bonds is 5. The summed E-state index contributed by atoms with van der Waals surface area (Å²) in [6.45, 7) is 2.34. The first kappa shape index (κ1) is 14.5. The summed E-state index contributed by atoms with van der Waals surface area (Å²) >= 11 is 5.94. The van der Waals surface area contributed by atoms with Crippen molar-refractivity contribution in [1.29, 1.82) is 0 Å². The van der Waals surface area contributed by atoms with E-state index in [0.29, 0.717) is 22.8 Å². The molecule has 6 heteroatoms. The number of hydrogen-bond acceptors (Lipinski definition) is 3. The lowest BCUT2D eigenvalue weighted by Gasteiger charge is -2.13. The fraction of sp³-hybridized carbons (Fsp3) is 0.333. The van der Waals surface area contributed by atoms with Crippen LogP contribution in [0, 0.1) is 5.92 Å². The number of halogens is 1. The normalized spacial score (nSPS) is 11.9. The Morgan fingerprint density at radius 3 is 2.67 bits per heavy atom. The van der Waals surface area contributed by atoms with Gasteiger partial charge in [0.1, 0.15) is 0 Å². The lowest BCUT2D eigenvalue weighted by molar-refractivity contribution is -0.119. The van der Waals surface area contributed by atoms with Crippen molar-refractivity contribution in [3.63, 3.8) is 0 Å². The van der Waals surface area contributed by atoms with E-state index in [1.54, 1.807) is 14.0 Å². The molecule has 0 bridgehead atoms. The monoisotopic (exact) mass is 269 g/mol. The third-order valence-electron chi connectivity index (χ3n) is 2.47. The second-order valence-corrected chi connectivity index (χ2v) is 4.41. The smallest absolute Gasteiger partial charge is 0.248 e. The maximum Gasteiger partial charge on any atom is 0.248 e. The first-order chi connectivity index (χ1) is 8.45. The molecule has 1 atom stereocenters. The molecular formula is C12H16ClN3O2. The van der Waals surface area contributed by atoms with Crippen molar-refractivity contribution in [2.75, 3.05) is 18.9 Å². The fourth-order valence-electron chi connectivity index (χ4n) is 1.43. The van der Waals surface area contributed by atoms with Gasteiger partial charge in [0.05, 0.1) is 10.7 Å². The number of nitrogens with one attached hydrogen (secondary N) is 2. The molecule has 2 amide bonds. The van der Waals surface area contributed by atoms with Gasteiger partial charge in [-0.15, -0.1) is 0 Å². The number of benzene rings is 1. The largest absolute Gasteiger partial charge is 0.366 e. The topological polar surface area (TPSA) is 84.2 Å². The number of amides is 2.